The summed E-state index contributed by atoms with van der Waals surface area (Å²) in [6, 6.07) is 32.4. The van der Waals surface area contributed by atoms with Crippen LogP contribution in [0.25, 0.3) is 0 Å². The molecule has 246 valence electrons. The molecule has 0 bridgehead atoms. The molecule has 3 aliphatic rings. The molecule has 1 N–H and O–H groups in total. The summed E-state index contributed by atoms with van der Waals surface area (Å²) in [5.41, 5.74) is 9.44. The summed E-state index contributed by atoms with van der Waals surface area (Å²) in [4.78, 5) is 20.8. The molecule has 1 fully saturated rings. The predicted molar refractivity (Wildman–Crippen MR) is 195 cm³/mol. The number of anilines is 3. The molecule has 4 aromatic rings. The van der Waals surface area contributed by atoms with Crippen LogP contribution in [0.15, 0.2) is 91.0 Å². The van der Waals surface area contributed by atoms with Crippen LogP contribution in [-0.2, 0) is 25.8 Å². The number of rotatable bonds is 8. The van der Waals surface area contributed by atoms with E-state index in [1.807, 2.05) is 36.9 Å². The summed E-state index contributed by atoms with van der Waals surface area (Å²) < 4.78 is 6.08. The SMILES string of the molecule is CC.CC(C)Oc1ccccc1N1CCN(Cc2cccc(C(=O)N3CCc4ccc(NC5CCc6ccccc6C5)cc43)c2)CC1. The van der Waals surface area contributed by atoms with Crippen LogP contribution in [0, 0.1) is 0 Å². The van der Waals surface area contributed by atoms with Crippen LogP contribution < -0.4 is 19.9 Å². The van der Waals surface area contributed by atoms with E-state index in [-0.39, 0.29) is 12.0 Å². The van der Waals surface area contributed by atoms with Gasteiger partial charge in [-0.2, -0.15) is 0 Å². The van der Waals surface area contributed by atoms with E-state index in [2.05, 4.69) is 102 Å². The maximum absolute atomic E-state index is 13.9. The smallest absolute Gasteiger partial charge is 0.258 e. The number of aryl methyl sites for hydroxylation is 1. The first-order chi connectivity index (χ1) is 23.0. The molecule has 1 saturated heterocycles. The summed E-state index contributed by atoms with van der Waals surface area (Å²) in [6.07, 6.45) is 4.32. The van der Waals surface area contributed by atoms with Crippen molar-refractivity contribution in [3.05, 3.63) is 119 Å². The number of carbonyl (C=O) groups is 1. The van der Waals surface area contributed by atoms with E-state index in [1.165, 1.54) is 27.9 Å². The molecule has 6 heteroatoms. The Morgan fingerprint density at radius 1 is 0.787 bits per heavy atom. The molecule has 2 heterocycles. The van der Waals surface area contributed by atoms with E-state index in [1.54, 1.807) is 0 Å². The summed E-state index contributed by atoms with van der Waals surface area (Å²) in [5, 5.41) is 3.78. The lowest BCUT2D eigenvalue weighted by Gasteiger charge is -2.37. The third kappa shape index (κ3) is 7.65. The van der Waals surface area contributed by atoms with Gasteiger partial charge >= 0.3 is 0 Å². The third-order valence-corrected chi connectivity index (χ3v) is 9.46. The molecule has 47 heavy (non-hydrogen) atoms. The molecule has 0 radical (unpaired) electrons. The summed E-state index contributed by atoms with van der Waals surface area (Å²) >= 11 is 0. The lowest BCUT2D eigenvalue weighted by molar-refractivity contribution is 0.0989. The minimum absolute atomic E-state index is 0.0888. The van der Waals surface area contributed by atoms with Gasteiger partial charge in [0.15, 0.2) is 0 Å². The molecule has 0 spiro atoms. The minimum atomic E-state index is 0.0888. The van der Waals surface area contributed by atoms with Gasteiger partial charge in [-0.1, -0.05) is 68.4 Å². The number of carbonyl (C=O) groups excluding carboxylic acids is 1. The van der Waals surface area contributed by atoms with Crippen LogP contribution in [0.4, 0.5) is 17.1 Å². The fraction of sp³-hybridized carbons (Fsp3) is 0.390. The van der Waals surface area contributed by atoms with Crippen molar-refractivity contribution in [2.24, 2.45) is 0 Å². The number of nitrogens with one attached hydrogen (secondary N) is 1. The van der Waals surface area contributed by atoms with E-state index in [0.717, 1.165) is 87.6 Å². The molecule has 4 aromatic carbocycles. The molecular formula is C41H50N4O2. The average Bonchev–Trinajstić information content (AvgIpc) is 3.53. The van der Waals surface area contributed by atoms with Gasteiger partial charge < -0.3 is 19.9 Å². The zero-order valence-electron chi connectivity index (χ0n) is 28.5. The zero-order chi connectivity index (χ0) is 32.8. The molecule has 0 aromatic heterocycles. The van der Waals surface area contributed by atoms with Crippen molar-refractivity contribution >= 4 is 23.0 Å². The number of piperazine rings is 1. The Morgan fingerprint density at radius 2 is 1.55 bits per heavy atom. The topological polar surface area (TPSA) is 48.1 Å². The van der Waals surface area contributed by atoms with E-state index in [0.29, 0.717) is 6.04 Å². The molecule has 7 rings (SSSR count). The normalized spacial score (nSPS) is 17.4. The maximum atomic E-state index is 13.9. The third-order valence-electron chi connectivity index (χ3n) is 9.46. The van der Waals surface area contributed by atoms with E-state index < -0.39 is 0 Å². The first-order valence-corrected chi connectivity index (χ1v) is 17.6. The average molecular weight is 631 g/mol. The summed E-state index contributed by atoms with van der Waals surface area (Å²) in [6.45, 7) is 13.5. The van der Waals surface area contributed by atoms with Crippen LogP contribution in [0.1, 0.15) is 66.7 Å². The number of hydrogen-bond acceptors (Lipinski definition) is 5. The fourth-order valence-corrected chi connectivity index (χ4v) is 7.17. The Balaban J connectivity index is 0.00000190. The lowest BCUT2D eigenvalue weighted by atomic mass is 9.88. The summed E-state index contributed by atoms with van der Waals surface area (Å²) in [5.74, 6) is 1.05. The highest BCUT2D eigenvalue weighted by atomic mass is 16.5. The Morgan fingerprint density at radius 3 is 2.36 bits per heavy atom. The lowest BCUT2D eigenvalue weighted by Crippen LogP contribution is -2.46. The molecule has 1 aliphatic carbocycles. The van der Waals surface area contributed by atoms with Gasteiger partial charge in [0.05, 0.1) is 11.8 Å². The Bertz CT molecular complexity index is 1660. The molecular weight excluding hydrogens is 580 g/mol. The first kappa shape index (κ1) is 32.6. The number of ether oxygens (including phenoxy) is 1. The van der Waals surface area contributed by atoms with Gasteiger partial charge in [0.2, 0.25) is 0 Å². The Kier molecular flexibility index (Phi) is 10.5. The molecule has 1 amide bonds. The first-order valence-electron chi connectivity index (χ1n) is 17.6. The number of nitrogens with zero attached hydrogens (tertiary/aromatic N) is 3. The van der Waals surface area contributed by atoms with E-state index in [4.69, 9.17) is 4.74 Å². The van der Waals surface area contributed by atoms with Crippen molar-refractivity contribution in [3.63, 3.8) is 0 Å². The molecule has 2 aliphatic heterocycles. The highest BCUT2D eigenvalue weighted by Crippen LogP contribution is 2.34. The van der Waals surface area contributed by atoms with E-state index in [9.17, 15) is 4.79 Å². The second kappa shape index (κ2) is 15.1. The fourth-order valence-electron chi connectivity index (χ4n) is 7.17. The molecule has 1 unspecified atom stereocenters. The highest BCUT2D eigenvalue weighted by Gasteiger charge is 2.27. The number of amides is 1. The predicted octanol–water partition coefficient (Wildman–Crippen LogP) is 7.99. The second-order valence-corrected chi connectivity index (χ2v) is 13.0. The van der Waals surface area contributed by atoms with Gasteiger partial charge in [-0.25, -0.2) is 0 Å². The number of benzene rings is 4. The van der Waals surface area contributed by atoms with Crippen molar-refractivity contribution in [2.45, 2.75) is 72.1 Å². The Hall–Kier alpha value is -4.29. The monoisotopic (exact) mass is 630 g/mol. The quantitative estimate of drug-likeness (QED) is 0.214. The van der Waals surface area contributed by atoms with Crippen LogP contribution in [0.3, 0.4) is 0 Å². The van der Waals surface area contributed by atoms with Gasteiger partial charge in [-0.3, -0.25) is 9.69 Å². The van der Waals surface area contributed by atoms with Crippen LogP contribution >= 0.6 is 0 Å². The maximum Gasteiger partial charge on any atom is 0.258 e. The highest BCUT2D eigenvalue weighted by molar-refractivity contribution is 6.07. The van der Waals surface area contributed by atoms with E-state index >= 15 is 0 Å². The van der Waals surface area contributed by atoms with Crippen LogP contribution in [-0.4, -0.2) is 55.7 Å². The van der Waals surface area contributed by atoms with Crippen LogP contribution in [0.5, 0.6) is 5.75 Å². The number of para-hydroxylation sites is 2. The van der Waals surface area contributed by atoms with Gasteiger partial charge in [0.25, 0.3) is 5.91 Å². The van der Waals surface area contributed by atoms with Crippen molar-refractivity contribution in [2.75, 3.05) is 47.8 Å². The largest absolute Gasteiger partial charge is 0.489 e. The van der Waals surface area contributed by atoms with Crippen molar-refractivity contribution in [1.82, 2.24) is 4.90 Å². The van der Waals surface area contributed by atoms with Crippen LogP contribution in [0.2, 0.25) is 0 Å². The second-order valence-electron chi connectivity index (χ2n) is 13.0. The van der Waals surface area contributed by atoms with Gasteiger partial charge in [-0.05, 0) is 98.2 Å². The standard InChI is InChI=1S/C39H44N4O2.C2H6/c1-28(2)45-38-13-6-5-12-36(38)42-22-20-41(21-23-42)27-29-8-7-11-33(24-29)39(44)43-19-18-31-15-17-35(26-37(31)43)40-34-16-14-30-9-3-4-10-32(30)25-34;1-2/h3-13,15,17,24,26,28,34,40H,14,16,18-23,25,27H2,1-2H3;1-2H3. The van der Waals surface area contributed by atoms with Crippen molar-refractivity contribution < 1.29 is 9.53 Å². The molecule has 0 saturated carbocycles. The van der Waals surface area contributed by atoms with Crippen molar-refractivity contribution in [3.8, 4) is 5.75 Å². The van der Waals surface area contributed by atoms with Gasteiger partial charge in [0.1, 0.15) is 5.75 Å². The number of fused-ring (bicyclic) bond motifs is 2. The van der Waals surface area contributed by atoms with Gasteiger partial charge in [-0.15, -0.1) is 0 Å². The van der Waals surface area contributed by atoms with Crippen molar-refractivity contribution in [1.29, 1.82) is 0 Å². The molecule has 1 atom stereocenters. The Labute approximate surface area is 281 Å². The van der Waals surface area contributed by atoms with Gasteiger partial charge in [0, 0.05) is 62.2 Å². The number of hydrogen-bond donors (Lipinski definition) is 1. The summed E-state index contributed by atoms with van der Waals surface area (Å²) in [7, 11) is 0. The zero-order valence-corrected chi connectivity index (χ0v) is 28.5. The minimum Gasteiger partial charge on any atom is -0.489 e. The molecule has 6 nitrogen and oxygen atoms in total.